The van der Waals surface area contributed by atoms with E-state index in [2.05, 4.69) is 4.98 Å². The summed E-state index contributed by atoms with van der Waals surface area (Å²) >= 11 is 0. The standard InChI is InChI=1S/C17H13F3N2O2/c1-2-24-16(23)13-4-3-9-22-10-14(21-15(13)22)11-5-7-12(8-6-11)17(18,19)20/h3-10H,2H2,1H3. The quantitative estimate of drug-likeness (QED) is 0.674. The molecule has 0 spiro atoms. The molecule has 0 unspecified atom stereocenters. The van der Waals surface area contributed by atoms with Crippen LogP contribution in [0.5, 0.6) is 0 Å². The lowest BCUT2D eigenvalue weighted by Crippen LogP contribution is -2.06. The van der Waals surface area contributed by atoms with Gasteiger partial charge in [-0.1, -0.05) is 12.1 Å². The van der Waals surface area contributed by atoms with Gasteiger partial charge in [0.1, 0.15) is 5.56 Å². The van der Waals surface area contributed by atoms with Crippen LogP contribution in [0, 0.1) is 0 Å². The fourth-order valence-corrected chi connectivity index (χ4v) is 2.35. The van der Waals surface area contributed by atoms with Crippen molar-refractivity contribution in [1.82, 2.24) is 9.38 Å². The predicted octanol–water partition coefficient (Wildman–Crippen LogP) is 4.20. The highest BCUT2D eigenvalue weighted by atomic mass is 19.4. The average Bonchev–Trinajstić information content (AvgIpc) is 2.98. The van der Waals surface area contributed by atoms with Gasteiger partial charge in [-0.3, -0.25) is 0 Å². The number of ether oxygens (including phenoxy) is 1. The van der Waals surface area contributed by atoms with E-state index in [9.17, 15) is 18.0 Å². The lowest BCUT2D eigenvalue weighted by molar-refractivity contribution is -0.137. The van der Waals surface area contributed by atoms with Gasteiger partial charge in [0.25, 0.3) is 0 Å². The van der Waals surface area contributed by atoms with Gasteiger partial charge in [0.05, 0.1) is 17.9 Å². The number of aromatic nitrogens is 2. The summed E-state index contributed by atoms with van der Waals surface area (Å²) in [7, 11) is 0. The molecule has 0 aliphatic heterocycles. The largest absolute Gasteiger partial charge is 0.462 e. The third-order valence-electron chi connectivity index (χ3n) is 3.49. The van der Waals surface area contributed by atoms with Crippen molar-refractivity contribution in [3.8, 4) is 11.3 Å². The van der Waals surface area contributed by atoms with Crippen LogP contribution in [0.3, 0.4) is 0 Å². The summed E-state index contributed by atoms with van der Waals surface area (Å²) in [6, 6.07) is 7.99. The zero-order chi connectivity index (χ0) is 17.3. The Labute approximate surface area is 135 Å². The molecule has 0 amide bonds. The Morgan fingerprint density at radius 3 is 2.54 bits per heavy atom. The van der Waals surface area contributed by atoms with Crippen LogP contribution in [-0.4, -0.2) is 22.0 Å². The van der Waals surface area contributed by atoms with Gasteiger partial charge in [-0.2, -0.15) is 13.2 Å². The van der Waals surface area contributed by atoms with Crippen molar-refractivity contribution in [2.75, 3.05) is 6.61 Å². The van der Waals surface area contributed by atoms with Gasteiger partial charge in [-0.15, -0.1) is 0 Å². The molecule has 3 aromatic rings. The fraction of sp³-hybridized carbons (Fsp3) is 0.176. The topological polar surface area (TPSA) is 43.6 Å². The number of hydrogen-bond donors (Lipinski definition) is 0. The van der Waals surface area contributed by atoms with Gasteiger partial charge in [-0.25, -0.2) is 9.78 Å². The summed E-state index contributed by atoms with van der Waals surface area (Å²) in [6.45, 7) is 1.95. The third-order valence-corrected chi connectivity index (χ3v) is 3.49. The number of carbonyl (C=O) groups excluding carboxylic acids is 1. The lowest BCUT2D eigenvalue weighted by atomic mass is 10.1. The van der Waals surface area contributed by atoms with Gasteiger partial charge < -0.3 is 9.14 Å². The van der Waals surface area contributed by atoms with E-state index in [0.29, 0.717) is 22.5 Å². The van der Waals surface area contributed by atoms with Gasteiger partial charge in [0.15, 0.2) is 5.65 Å². The molecule has 2 aromatic heterocycles. The normalized spacial score (nSPS) is 11.7. The number of fused-ring (bicyclic) bond motifs is 1. The molecule has 7 heteroatoms. The molecule has 0 N–H and O–H groups in total. The van der Waals surface area contributed by atoms with Crippen LogP contribution in [0.1, 0.15) is 22.8 Å². The molecule has 0 bridgehead atoms. The average molecular weight is 334 g/mol. The Morgan fingerprint density at radius 1 is 1.21 bits per heavy atom. The summed E-state index contributed by atoms with van der Waals surface area (Å²) in [5.74, 6) is -0.493. The van der Waals surface area contributed by atoms with Gasteiger partial charge in [-0.05, 0) is 31.2 Å². The number of nitrogens with zero attached hydrogens (tertiary/aromatic N) is 2. The number of carbonyl (C=O) groups is 1. The van der Waals surface area contributed by atoms with Crippen molar-refractivity contribution in [2.45, 2.75) is 13.1 Å². The Kier molecular flexibility index (Phi) is 4.01. The molecular formula is C17H13F3N2O2. The van der Waals surface area contributed by atoms with E-state index in [-0.39, 0.29) is 6.61 Å². The number of alkyl halides is 3. The molecule has 24 heavy (non-hydrogen) atoms. The smallest absolute Gasteiger partial charge is 0.416 e. The Bertz CT molecular complexity index is 883. The maximum Gasteiger partial charge on any atom is 0.416 e. The number of esters is 1. The van der Waals surface area contributed by atoms with E-state index < -0.39 is 17.7 Å². The van der Waals surface area contributed by atoms with Crippen molar-refractivity contribution in [3.63, 3.8) is 0 Å². The fourth-order valence-electron chi connectivity index (χ4n) is 2.35. The Morgan fingerprint density at radius 2 is 1.92 bits per heavy atom. The number of benzene rings is 1. The SMILES string of the molecule is CCOC(=O)c1cccn2cc(-c3ccc(C(F)(F)F)cc3)nc12. The summed E-state index contributed by atoms with van der Waals surface area (Å²) in [4.78, 5) is 16.3. The highest BCUT2D eigenvalue weighted by molar-refractivity contribution is 5.96. The molecule has 2 heterocycles. The van der Waals surface area contributed by atoms with Crippen molar-refractivity contribution < 1.29 is 22.7 Å². The molecular weight excluding hydrogens is 321 g/mol. The van der Waals surface area contributed by atoms with Crippen LogP contribution >= 0.6 is 0 Å². The molecule has 0 radical (unpaired) electrons. The first-order valence-electron chi connectivity index (χ1n) is 7.22. The minimum absolute atomic E-state index is 0.242. The summed E-state index contributed by atoms with van der Waals surface area (Å²) < 4.78 is 44.5. The number of halogens is 3. The molecule has 3 rings (SSSR count). The zero-order valence-corrected chi connectivity index (χ0v) is 12.7. The molecule has 0 aliphatic rings. The monoisotopic (exact) mass is 334 g/mol. The predicted molar refractivity (Wildman–Crippen MR) is 81.6 cm³/mol. The number of imidazole rings is 1. The molecule has 124 valence electrons. The molecule has 4 nitrogen and oxygen atoms in total. The molecule has 1 aromatic carbocycles. The van der Waals surface area contributed by atoms with Crippen molar-refractivity contribution in [2.24, 2.45) is 0 Å². The maximum atomic E-state index is 12.6. The first-order chi connectivity index (χ1) is 11.4. The lowest BCUT2D eigenvalue weighted by Gasteiger charge is -2.06. The van der Waals surface area contributed by atoms with Crippen LogP contribution in [0.4, 0.5) is 13.2 Å². The second-order valence-electron chi connectivity index (χ2n) is 5.07. The maximum absolute atomic E-state index is 12.6. The molecule has 0 atom stereocenters. The van der Waals surface area contributed by atoms with Gasteiger partial charge >= 0.3 is 12.1 Å². The minimum atomic E-state index is -4.38. The van der Waals surface area contributed by atoms with Crippen molar-refractivity contribution in [3.05, 3.63) is 59.9 Å². The number of pyridine rings is 1. The summed E-state index contributed by atoms with van der Waals surface area (Å²) in [5.41, 5.74) is 0.979. The Balaban J connectivity index is 2.02. The van der Waals surface area contributed by atoms with Crippen LogP contribution in [0.25, 0.3) is 16.9 Å². The van der Waals surface area contributed by atoms with Gasteiger partial charge in [0.2, 0.25) is 0 Å². The van der Waals surface area contributed by atoms with E-state index in [4.69, 9.17) is 4.74 Å². The molecule has 0 fully saturated rings. The number of hydrogen-bond acceptors (Lipinski definition) is 3. The van der Waals surface area contributed by atoms with Crippen LogP contribution in [0.15, 0.2) is 48.8 Å². The number of rotatable bonds is 3. The van der Waals surface area contributed by atoms with E-state index in [1.54, 1.807) is 35.9 Å². The van der Waals surface area contributed by atoms with Crippen LogP contribution < -0.4 is 0 Å². The second-order valence-corrected chi connectivity index (χ2v) is 5.07. The summed E-state index contributed by atoms with van der Waals surface area (Å²) in [6.07, 6.45) is -1.02. The van der Waals surface area contributed by atoms with E-state index in [0.717, 1.165) is 12.1 Å². The zero-order valence-electron chi connectivity index (χ0n) is 12.7. The van der Waals surface area contributed by atoms with Crippen LogP contribution in [-0.2, 0) is 10.9 Å². The van der Waals surface area contributed by atoms with Crippen molar-refractivity contribution >= 4 is 11.6 Å². The van der Waals surface area contributed by atoms with E-state index in [1.807, 2.05) is 0 Å². The molecule has 0 aliphatic carbocycles. The van der Waals surface area contributed by atoms with E-state index >= 15 is 0 Å². The highest BCUT2D eigenvalue weighted by Crippen LogP contribution is 2.31. The van der Waals surface area contributed by atoms with E-state index in [1.165, 1.54) is 12.1 Å². The minimum Gasteiger partial charge on any atom is -0.462 e. The first-order valence-corrected chi connectivity index (χ1v) is 7.22. The molecule has 0 saturated heterocycles. The third kappa shape index (κ3) is 2.97. The summed E-state index contributed by atoms with van der Waals surface area (Å²) in [5, 5.41) is 0. The van der Waals surface area contributed by atoms with Crippen LogP contribution in [0.2, 0.25) is 0 Å². The first kappa shape index (κ1) is 16.0. The second kappa shape index (κ2) is 5.99. The van der Waals surface area contributed by atoms with Crippen molar-refractivity contribution in [1.29, 1.82) is 0 Å². The highest BCUT2D eigenvalue weighted by Gasteiger charge is 2.30. The molecule has 0 saturated carbocycles. The van der Waals surface area contributed by atoms with Gasteiger partial charge in [0, 0.05) is 18.0 Å². The Hall–Kier alpha value is -2.83.